The summed E-state index contributed by atoms with van der Waals surface area (Å²) in [7, 11) is -6.99. The molecule has 0 aliphatic rings. The van der Waals surface area contributed by atoms with Crippen LogP contribution in [0.1, 0.15) is 13.3 Å². The van der Waals surface area contributed by atoms with E-state index in [1.54, 1.807) is 0 Å². The van der Waals surface area contributed by atoms with Crippen molar-refractivity contribution in [3.63, 3.8) is 0 Å². The first-order valence-electron chi connectivity index (χ1n) is 3.14. The monoisotopic (exact) mass is 213 g/mol. The lowest BCUT2D eigenvalue weighted by Crippen LogP contribution is -2.45. The molecule has 0 aromatic carbocycles. The van der Waals surface area contributed by atoms with E-state index in [-0.39, 0.29) is 6.42 Å². The first kappa shape index (κ1) is 12.0. The Balaban J connectivity index is 4.87. The molecule has 70 valence electrons. The molecule has 0 aliphatic carbocycles. The van der Waals surface area contributed by atoms with E-state index >= 15 is 0 Å². The Morgan fingerprint density at radius 2 is 1.83 bits per heavy atom. The van der Waals surface area contributed by atoms with Gasteiger partial charge in [-0.15, -0.1) is 0 Å². The third kappa shape index (κ3) is 2.04. The summed E-state index contributed by atoms with van der Waals surface area (Å²) < 4.78 is 20.8. The molecule has 0 saturated heterocycles. The molecule has 0 aliphatic heterocycles. The maximum atomic E-state index is 10.4. The second-order valence-corrected chi connectivity index (χ2v) is 4.96. The van der Waals surface area contributed by atoms with E-state index in [0.29, 0.717) is 0 Å². The molecule has 0 heterocycles. The molecule has 12 heavy (non-hydrogen) atoms. The quantitative estimate of drug-likeness (QED) is 0.551. The molecular weight excluding hydrogens is 204 g/mol. The molecule has 0 spiro atoms. The zero-order valence-corrected chi connectivity index (χ0v) is 8.13. The van der Waals surface area contributed by atoms with Gasteiger partial charge in [-0.1, -0.05) is 16.1 Å². The van der Waals surface area contributed by atoms with Crippen molar-refractivity contribution in [3.05, 3.63) is 0 Å². The molecule has 3 unspecified atom stereocenters. The minimum Gasteiger partial charge on any atom is -0.589 e. The van der Waals surface area contributed by atoms with Crippen molar-refractivity contribution in [2.45, 2.75) is 24.5 Å². The van der Waals surface area contributed by atoms with Crippen LogP contribution in [0.5, 0.6) is 0 Å². The molecule has 0 amide bonds. The summed E-state index contributed by atoms with van der Waals surface area (Å²) in [5.74, 6) is 0. The van der Waals surface area contributed by atoms with Gasteiger partial charge in [0.05, 0.1) is 0 Å². The average molecular weight is 213 g/mol. The van der Waals surface area contributed by atoms with E-state index in [2.05, 4.69) is 0 Å². The summed E-state index contributed by atoms with van der Waals surface area (Å²) in [5.41, 5.74) is 5.14. The van der Waals surface area contributed by atoms with Crippen molar-refractivity contribution in [1.82, 2.24) is 0 Å². The summed E-state index contributed by atoms with van der Waals surface area (Å²) in [4.78, 5) is 20.8. The van der Waals surface area contributed by atoms with E-state index in [9.17, 15) is 18.9 Å². The van der Waals surface area contributed by atoms with E-state index in [1.807, 2.05) is 0 Å². The van der Waals surface area contributed by atoms with Crippen molar-refractivity contribution in [1.29, 1.82) is 0 Å². The Morgan fingerprint density at radius 1 is 1.50 bits per heavy atom. The van der Waals surface area contributed by atoms with Crippen LogP contribution in [0.2, 0.25) is 0 Å². The summed E-state index contributed by atoms with van der Waals surface area (Å²) in [6.07, 6.45) is 0.0587. The minimum absolute atomic E-state index is 0.0587. The molecule has 0 aromatic heterocycles. The minimum atomic E-state index is -3.50. The van der Waals surface area contributed by atoms with Crippen LogP contribution in [0.4, 0.5) is 0 Å². The van der Waals surface area contributed by atoms with Crippen LogP contribution < -0.4 is 15.5 Å². The third-order valence-electron chi connectivity index (χ3n) is 1.47. The number of hydrogen-bond acceptors (Lipinski definition) is 6. The summed E-state index contributed by atoms with van der Waals surface area (Å²) in [5, 5.41) is 6.31. The van der Waals surface area contributed by atoms with Gasteiger partial charge < -0.3 is 20.6 Å². The molecule has 0 bridgehead atoms. The third-order valence-corrected chi connectivity index (χ3v) is 4.19. The molecule has 0 saturated carbocycles. The van der Waals surface area contributed by atoms with Crippen LogP contribution in [0.3, 0.4) is 0 Å². The molecular formula is C4H9NO5P2. The van der Waals surface area contributed by atoms with Crippen molar-refractivity contribution < 1.29 is 24.0 Å². The summed E-state index contributed by atoms with van der Waals surface area (Å²) in [6, 6.07) is -1.31. The van der Waals surface area contributed by atoms with Crippen LogP contribution in [0, 0.1) is 0 Å². The molecule has 0 aromatic rings. The number of aliphatic hydroxyl groups is 1. The van der Waals surface area contributed by atoms with Crippen LogP contribution in [0.15, 0.2) is 0 Å². The zero-order chi connectivity index (χ0) is 9.94. The zero-order valence-electron chi connectivity index (χ0n) is 6.34. The highest BCUT2D eigenvalue weighted by Crippen LogP contribution is 2.47. The highest BCUT2D eigenvalue weighted by molar-refractivity contribution is 7.57. The number of nitrogens with two attached hydrogens (primary N) is 1. The second-order valence-electron chi connectivity index (χ2n) is 2.22. The van der Waals surface area contributed by atoms with Gasteiger partial charge in [0.2, 0.25) is 0 Å². The van der Waals surface area contributed by atoms with Crippen LogP contribution in [-0.4, -0.2) is 16.2 Å². The smallest absolute Gasteiger partial charge is 0.458 e. The largest absolute Gasteiger partial charge is 0.589 e. The summed E-state index contributed by atoms with van der Waals surface area (Å²) >= 11 is 0. The van der Waals surface area contributed by atoms with E-state index in [0.717, 1.165) is 0 Å². The first-order chi connectivity index (χ1) is 5.37. The van der Waals surface area contributed by atoms with Crippen molar-refractivity contribution >= 4 is 16.1 Å². The van der Waals surface area contributed by atoms with Gasteiger partial charge in [0, 0.05) is 0 Å². The summed E-state index contributed by atoms with van der Waals surface area (Å²) in [6.45, 7) is 1.48. The fourth-order valence-corrected chi connectivity index (χ4v) is 2.05. The molecule has 0 rings (SSSR count). The molecule has 8 heteroatoms. The van der Waals surface area contributed by atoms with Crippen LogP contribution >= 0.6 is 16.1 Å². The van der Waals surface area contributed by atoms with Crippen LogP contribution in [-0.2, 0) is 9.13 Å². The van der Waals surface area contributed by atoms with Gasteiger partial charge in [0.25, 0.3) is 0 Å². The van der Waals surface area contributed by atoms with Gasteiger partial charge in [0.15, 0.2) is 0 Å². The fourth-order valence-electron chi connectivity index (χ4n) is 0.611. The molecule has 3 atom stereocenters. The van der Waals surface area contributed by atoms with Crippen LogP contribution in [0.25, 0.3) is 0 Å². The number of rotatable bonds is 4. The van der Waals surface area contributed by atoms with E-state index < -0.39 is 27.2 Å². The van der Waals surface area contributed by atoms with Gasteiger partial charge in [0.1, 0.15) is 6.04 Å². The van der Waals surface area contributed by atoms with Gasteiger partial charge >= 0.3 is 21.1 Å². The molecule has 6 nitrogen and oxygen atoms in total. The lowest BCUT2D eigenvalue weighted by molar-refractivity contribution is -0.192. The average Bonchev–Trinajstić information content (AvgIpc) is 2.00. The Labute approximate surface area is 71.1 Å². The highest BCUT2D eigenvalue weighted by atomic mass is 31.2. The fraction of sp³-hybridized carbons (Fsp3) is 1.00. The van der Waals surface area contributed by atoms with Gasteiger partial charge in [-0.3, -0.25) is 0 Å². The lowest BCUT2D eigenvalue weighted by atomic mass is 10.2. The van der Waals surface area contributed by atoms with Gasteiger partial charge in [-0.25, -0.2) is 0 Å². The highest BCUT2D eigenvalue weighted by Gasteiger charge is 2.59. The second kappa shape index (κ2) is 4.33. The predicted octanol–water partition coefficient (Wildman–Crippen LogP) is -1.42. The normalized spacial score (nSPS) is 21.1. The Bertz CT molecular complexity index is 194. The van der Waals surface area contributed by atoms with Crippen molar-refractivity contribution in [2.24, 2.45) is 5.73 Å². The number of hydrogen-bond donors (Lipinski definition) is 2. The lowest BCUT2D eigenvalue weighted by Gasteiger charge is -2.15. The van der Waals surface area contributed by atoms with Gasteiger partial charge in [-0.05, 0) is 6.42 Å². The topological polar surface area (TPSA) is 127 Å². The molecule has 3 N–H and O–H groups in total. The SMILES string of the molecule is CCC(N)C(O)([P+](=O)[O-])[P+](=O)[O-]. The van der Waals surface area contributed by atoms with Gasteiger partial charge in [-0.2, -0.15) is 0 Å². The first-order valence-corrected chi connectivity index (χ1v) is 5.49. The standard InChI is InChI=1S/C4H9NO5P2/c1-2-3(5)4(6,11(7)8)12(9)10/h3,6H,2,5H2,1H3. The molecule has 0 fully saturated rings. The van der Waals surface area contributed by atoms with Crippen molar-refractivity contribution in [3.8, 4) is 0 Å². The van der Waals surface area contributed by atoms with Crippen molar-refractivity contribution in [2.75, 3.05) is 0 Å². The predicted molar refractivity (Wildman–Crippen MR) is 38.4 cm³/mol. The van der Waals surface area contributed by atoms with E-state index in [1.165, 1.54) is 6.92 Å². The Kier molecular flexibility index (Phi) is 4.34. The Morgan fingerprint density at radius 3 is 1.92 bits per heavy atom. The molecule has 0 radical (unpaired) electrons. The maximum absolute atomic E-state index is 10.4. The Hall–Kier alpha value is 0.0400. The maximum Gasteiger partial charge on any atom is 0.458 e. The van der Waals surface area contributed by atoms with E-state index in [4.69, 9.17) is 10.8 Å².